The maximum absolute atomic E-state index is 10.8. The Morgan fingerprint density at radius 3 is 2.00 bits per heavy atom. The molecule has 1 unspecified atom stereocenters. The van der Waals surface area contributed by atoms with Crippen LogP contribution in [0.2, 0.25) is 0 Å². The van der Waals surface area contributed by atoms with Crippen LogP contribution < -0.4 is 4.74 Å². The predicted octanol–water partition coefficient (Wildman–Crippen LogP) is 4.86. The van der Waals surface area contributed by atoms with Crippen LogP contribution in [0.25, 0.3) is 0 Å². The Hall–Kier alpha value is -2.87. The molecule has 0 aliphatic carbocycles. The van der Waals surface area contributed by atoms with E-state index in [1.807, 2.05) is 48.5 Å². The highest BCUT2D eigenvalue weighted by Gasteiger charge is 2.14. The number of carbonyl (C=O) groups excluding carboxylic acids is 1. The maximum atomic E-state index is 10.8. The first-order valence-electron chi connectivity index (χ1n) is 7.66. The van der Waals surface area contributed by atoms with Crippen LogP contribution in [0.3, 0.4) is 0 Å². The molecule has 0 aliphatic rings. The molecular weight excluding hydrogens is 284 g/mol. The third kappa shape index (κ3) is 4.07. The highest BCUT2D eigenvalue weighted by molar-refractivity contribution is 5.74. The molecule has 0 fully saturated rings. The molecule has 2 nitrogen and oxygen atoms in total. The SMILES string of the molecule is O=Cc1ccc(OC(Cc2ccccc2)c2ccccc2)cc1. The normalized spacial score (nSPS) is 11.7. The molecule has 0 aromatic heterocycles. The Labute approximate surface area is 136 Å². The highest BCUT2D eigenvalue weighted by atomic mass is 16.5. The van der Waals surface area contributed by atoms with E-state index >= 15 is 0 Å². The van der Waals surface area contributed by atoms with Crippen molar-refractivity contribution in [2.75, 3.05) is 0 Å². The first-order chi connectivity index (χ1) is 11.3. The number of carbonyl (C=O) groups is 1. The maximum Gasteiger partial charge on any atom is 0.150 e. The van der Waals surface area contributed by atoms with Crippen LogP contribution >= 0.6 is 0 Å². The molecule has 1 atom stereocenters. The lowest BCUT2D eigenvalue weighted by atomic mass is 10.0. The fourth-order valence-electron chi connectivity index (χ4n) is 2.51. The molecule has 0 saturated carbocycles. The summed E-state index contributed by atoms with van der Waals surface area (Å²) in [5.41, 5.74) is 3.01. The van der Waals surface area contributed by atoms with Crippen LogP contribution in [-0.2, 0) is 6.42 Å². The number of ether oxygens (including phenoxy) is 1. The van der Waals surface area contributed by atoms with E-state index in [2.05, 4.69) is 24.3 Å². The summed E-state index contributed by atoms with van der Waals surface area (Å²) in [5.74, 6) is 0.764. The minimum absolute atomic E-state index is 0.0688. The lowest BCUT2D eigenvalue weighted by Gasteiger charge is -2.20. The summed E-state index contributed by atoms with van der Waals surface area (Å²) in [4.78, 5) is 10.8. The minimum Gasteiger partial charge on any atom is -0.485 e. The summed E-state index contributed by atoms with van der Waals surface area (Å²) in [6, 6.07) is 27.7. The van der Waals surface area contributed by atoms with Crippen molar-refractivity contribution in [1.82, 2.24) is 0 Å². The zero-order valence-corrected chi connectivity index (χ0v) is 12.8. The summed E-state index contributed by atoms with van der Waals surface area (Å²) in [6.07, 6.45) is 1.56. The van der Waals surface area contributed by atoms with Gasteiger partial charge in [-0.2, -0.15) is 0 Å². The van der Waals surface area contributed by atoms with Gasteiger partial charge in [0.2, 0.25) is 0 Å². The van der Waals surface area contributed by atoms with Gasteiger partial charge in [0.05, 0.1) is 0 Å². The number of aldehydes is 1. The third-order valence-corrected chi connectivity index (χ3v) is 3.73. The van der Waals surface area contributed by atoms with Gasteiger partial charge in [0.25, 0.3) is 0 Å². The third-order valence-electron chi connectivity index (χ3n) is 3.73. The summed E-state index contributed by atoms with van der Waals surface area (Å²) >= 11 is 0. The first-order valence-corrected chi connectivity index (χ1v) is 7.66. The van der Waals surface area contributed by atoms with Crippen LogP contribution in [-0.4, -0.2) is 6.29 Å². The van der Waals surface area contributed by atoms with Gasteiger partial charge >= 0.3 is 0 Å². The molecule has 0 radical (unpaired) electrons. The van der Waals surface area contributed by atoms with Gasteiger partial charge in [-0.1, -0.05) is 60.7 Å². The van der Waals surface area contributed by atoms with Gasteiger partial charge in [0, 0.05) is 12.0 Å². The van der Waals surface area contributed by atoms with E-state index in [0.29, 0.717) is 5.56 Å². The number of benzene rings is 3. The fraction of sp³-hybridized carbons (Fsp3) is 0.0952. The molecule has 2 heteroatoms. The second-order valence-corrected chi connectivity index (χ2v) is 5.39. The lowest BCUT2D eigenvalue weighted by molar-refractivity contribution is 0.112. The molecule has 0 saturated heterocycles. The summed E-state index contributed by atoms with van der Waals surface area (Å²) in [5, 5.41) is 0. The van der Waals surface area contributed by atoms with E-state index in [-0.39, 0.29) is 6.10 Å². The van der Waals surface area contributed by atoms with Crippen LogP contribution in [0.15, 0.2) is 84.9 Å². The molecule has 0 amide bonds. The monoisotopic (exact) mass is 302 g/mol. The molecule has 0 spiro atoms. The minimum atomic E-state index is -0.0688. The predicted molar refractivity (Wildman–Crippen MR) is 91.8 cm³/mol. The highest BCUT2D eigenvalue weighted by Crippen LogP contribution is 2.25. The lowest BCUT2D eigenvalue weighted by Crippen LogP contribution is -2.11. The van der Waals surface area contributed by atoms with Crippen molar-refractivity contribution in [3.63, 3.8) is 0 Å². The Morgan fingerprint density at radius 1 is 0.783 bits per heavy atom. The second kappa shape index (κ2) is 7.41. The number of rotatable bonds is 6. The van der Waals surface area contributed by atoms with Crippen molar-refractivity contribution in [3.05, 3.63) is 102 Å². The zero-order chi connectivity index (χ0) is 15.9. The van der Waals surface area contributed by atoms with E-state index in [4.69, 9.17) is 4.74 Å². The van der Waals surface area contributed by atoms with Gasteiger partial charge in [-0.15, -0.1) is 0 Å². The molecule has 3 rings (SSSR count). The molecule has 3 aromatic rings. The fourth-order valence-corrected chi connectivity index (χ4v) is 2.51. The summed E-state index contributed by atoms with van der Waals surface area (Å²) in [6.45, 7) is 0. The average molecular weight is 302 g/mol. The van der Waals surface area contributed by atoms with Crippen LogP contribution in [0, 0.1) is 0 Å². The van der Waals surface area contributed by atoms with E-state index in [9.17, 15) is 4.79 Å². The van der Waals surface area contributed by atoms with E-state index in [1.165, 1.54) is 5.56 Å². The number of hydrogen-bond donors (Lipinski definition) is 0. The van der Waals surface area contributed by atoms with Gasteiger partial charge < -0.3 is 4.74 Å². The Bertz CT molecular complexity index is 734. The largest absolute Gasteiger partial charge is 0.485 e. The van der Waals surface area contributed by atoms with Gasteiger partial charge in [-0.25, -0.2) is 0 Å². The van der Waals surface area contributed by atoms with Crippen molar-refractivity contribution in [1.29, 1.82) is 0 Å². The van der Waals surface area contributed by atoms with Crippen molar-refractivity contribution < 1.29 is 9.53 Å². The van der Waals surface area contributed by atoms with Gasteiger partial charge in [-0.05, 0) is 35.4 Å². The molecule has 0 aliphatic heterocycles. The molecule has 114 valence electrons. The van der Waals surface area contributed by atoms with E-state index in [0.717, 1.165) is 24.0 Å². The van der Waals surface area contributed by atoms with Crippen molar-refractivity contribution >= 4 is 6.29 Å². The smallest absolute Gasteiger partial charge is 0.150 e. The number of hydrogen-bond acceptors (Lipinski definition) is 2. The Kier molecular flexibility index (Phi) is 4.85. The summed E-state index contributed by atoms with van der Waals surface area (Å²) < 4.78 is 6.19. The van der Waals surface area contributed by atoms with E-state index in [1.54, 1.807) is 12.1 Å². The summed E-state index contributed by atoms with van der Waals surface area (Å²) in [7, 11) is 0. The topological polar surface area (TPSA) is 26.3 Å². The average Bonchev–Trinajstić information content (AvgIpc) is 2.63. The standard InChI is InChI=1S/C21H18O2/c22-16-18-11-13-20(14-12-18)23-21(19-9-5-2-6-10-19)15-17-7-3-1-4-8-17/h1-14,16,21H,15H2. The molecule has 3 aromatic carbocycles. The van der Waals surface area contributed by atoms with Gasteiger partial charge in [0.1, 0.15) is 18.1 Å². The van der Waals surface area contributed by atoms with Crippen molar-refractivity contribution in [3.8, 4) is 5.75 Å². The molecular formula is C21H18O2. The van der Waals surface area contributed by atoms with Crippen molar-refractivity contribution in [2.24, 2.45) is 0 Å². The second-order valence-electron chi connectivity index (χ2n) is 5.39. The zero-order valence-electron chi connectivity index (χ0n) is 12.8. The van der Waals surface area contributed by atoms with Gasteiger partial charge in [0.15, 0.2) is 0 Å². The first kappa shape index (κ1) is 15.0. The van der Waals surface area contributed by atoms with Crippen LogP contribution in [0.5, 0.6) is 5.75 Å². The molecule has 23 heavy (non-hydrogen) atoms. The molecule has 0 bridgehead atoms. The van der Waals surface area contributed by atoms with Gasteiger partial charge in [-0.3, -0.25) is 4.79 Å². The van der Waals surface area contributed by atoms with E-state index < -0.39 is 0 Å². The van der Waals surface area contributed by atoms with Crippen LogP contribution in [0.4, 0.5) is 0 Å². The quantitative estimate of drug-likeness (QED) is 0.608. The molecule has 0 heterocycles. The Morgan fingerprint density at radius 2 is 1.39 bits per heavy atom. The van der Waals surface area contributed by atoms with Crippen LogP contribution in [0.1, 0.15) is 27.6 Å². The van der Waals surface area contributed by atoms with Crippen molar-refractivity contribution in [2.45, 2.75) is 12.5 Å². The molecule has 0 N–H and O–H groups in total. The Balaban J connectivity index is 1.83.